The fourth-order valence-electron chi connectivity index (χ4n) is 4.17. The number of hydrogen-bond acceptors (Lipinski definition) is 5. The van der Waals surface area contributed by atoms with Crippen LogP contribution in [0.25, 0.3) is 11.3 Å². The minimum atomic E-state index is -4.84. The number of aryl methyl sites for hydroxylation is 1. The molecule has 0 atom stereocenters. The Hall–Kier alpha value is -3.83. The Kier molecular flexibility index (Phi) is 8.55. The van der Waals surface area contributed by atoms with Gasteiger partial charge in [0.1, 0.15) is 5.75 Å². The maximum atomic E-state index is 12.7. The summed E-state index contributed by atoms with van der Waals surface area (Å²) in [6.45, 7) is 6.16. The fourth-order valence-corrected chi connectivity index (χ4v) is 5.57. The number of alkyl halides is 3. The van der Waals surface area contributed by atoms with Crippen LogP contribution in [0, 0.1) is 0 Å². The Bertz CT molecular complexity index is 1530. The van der Waals surface area contributed by atoms with Crippen molar-refractivity contribution in [2.75, 3.05) is 11.1 Å². The van der Waals surface area contributed by atoms with Gasteiger partial charge >= 0.3 is 6.18 Å². The molecule has 7 nitrogen and oxygen atoms in total. The predicted molar refractivity (Wildman–Crippen MR) is 150 cm³/mol. The smallest absolute Gasteiger partial charge is 0.404 e. The van der Waals surface area contributed by atoms with Gasteiger partial charge in [0.15, 0.2) is 5.75 Å². The summed E-state index contributed by atoms with van der Waals surface area (Å²) in [5.41, 5.74) is 2.57. The monoisotopic (exact) mass is 572 g/mol. The molecule has 2 N–H and O–H groups in total. The standard InChI is InChI=1S/C29H31F3N4O3S/c1-4-36-27(39-25-15-13-21(14-16-25)19-33-24-11-6-5-7-12-24)18-26(34-36)22-9-8-10-23(17-22)28(2,3)35-40(37,38)20-29(30,31)32/h5-18,33,35H,4,19-20H2,1-3H3. The van der Waals surface area contributed by atoms with Crippen LogP contribution in [0.4, 0.5) is 18.9 Å². The summed E-state index contributed by atoms with van der Waals surface area (Å²) in [6.07, 6.45) is -4.84. The normalized spacial score (nSPS) is 12.3. The molecule has 0 saturated heterocycles. The van der Waals surface area contributed by atoms with E-state index in [2.05, 4.69) is 15.1 Å². The molecule has 11 heteroatoms. The van der Waals surface area contributed by atoms with Gasteiger partial charge in [-0.3, -0.25) is 0 Å². The molecule has 0 aliphatic heterocycles. The number of halogens is 3. The van der Waals surface area contributed by atoms with E-state index < -0.39 is 27.5 Å². The molecule has 3 aromatic carbocycles. The summed E-state index contributed by atoms with van der Waals surface area (Å²) >= 11 is 0. The molecule has 0 amide bonds. The van der Waals surface area contributed by atoms with Crippen LogP contribution in [0.1, 0.15) is 31.9 Å². The lowest BCUT2D eigenvalue weighted by atomic mass is 9.93. The van der Waals surface area contributed by atoms with Crippen molar-refractivity contribution >= 4 is 15.7 Å². The van der Waals surface area contributed by atoms with Gasteiger partial charge in [-0.05, 0) is 62.2 Å². The highest BCUT2D eigenvalue weighted by molar-refractivity contribution is 7.89. The first kappa shape index (κ1) is 29.2. The predicted octanol–water partition coefficient (Wildman–Crippen LogP) is 6.69. The number of sulfonamides is 1. The van der Waals surface area contributed by atoms with Crippen molar-refractivity contribution < 1.29 is 26.3 Å². The van der Waals surface area contributed by atoms with E-state index in [0.29, 0.717) is 41.5 Å². The number of anilines is 1. The third-order valence-corrected chi connectivity index (χ3v) is 7.63. The summed E-state index contributed by atoms with van der Waals surface area (Å²) in [5.74, 6) is -0.795. The molecule has 0 fully saturated rings. The number of nitrogens with one attached hydrogen (secondary N) is 2. The lowest BCUT2D eigenvalue weighted by Crippen LogP contribution is -2.44. The van der Waals surface area contributed by atoms with Gasteiger partial charge in [0, 0.05) is 30.4 Å². The number of para-hydroxylation sites is 1. The highest BCUT2D eigenvalue weighted by Gasteiger charge is 2.38. The van der Waals surface area contributed by atoms with Crippen LogP contribution >= 0.6 is 0 Å². The topological polar surface area (TPSA) is 85.2 Å². The molecule has 4 aromatic rings. The number of nitrogens with zero attached hydrogens (tertiary/aromatic N) is 2. The lowest BCUT2D eigenvalue weighted by molar-refractivity contribution is -0.106. The molecule has 0 unspecified atom stereocenters. The molecule has 1 aromatic heterocycles. The Morgan fingerprint density at radius 2 is 1.62 bits per heavy atom. The zero-order valence-corrected chi connectivity index (χ0v) is 23.2. The van der Waals surface area contributed by atoms with Crippen molar-refractivity contribution in [3.8, 4) is 22.9 Å². The van der Waals surface area contributed by atoms with Gasteiger partial charge in [-0.15, -0.1) is 0 Å². The van der Waals surface area contributed by atoms with Gasteiger partial charge < -0.3 is 10.1 Å². The van der Waals surface area contributed by atoms with E-state index in [1.54, 1.807) is 35.0 Å². The molecule has 0 radical (unpaired) electrons. The molecule has 40 heavy (non-hydrogen) atoms. The number of ether oxygens (including phenoxy) is 1. The molecule has 1 heterocycles. The van der Waals surface area contributed by atoms with Crippen LogP contribution < -0.4 is 14.8 Å². The highest BCUT2D eigenvalue weighted by atomic mass is 32.2. The van der Waals surface area contributed by atoms with Gasteiger partial charge in [-0.25, -0.2) is 17.8 Å². The molecule has 0 spiro atoms. The molecule has 212 valence electrons. The minimum absolute atomic E-state index is 0.490. The van der Waals surface area contributed by atoms with E-state index in [1.807, 2.05) is 61.5 Å². The zero-order valence-electron chi connectivity index (χ0n) is 22.4. The average molecular weight is 573 g/mol. The first-order chi connectivity index (χ1) is 18.8. The molecule has 0 bridgehead atoms. The maximum absolute atomic E-state index is 12.7. The second kappa shape index (κ2) is 11.7. The van der Waals surface area contributed by atoms with Gasteiger partial charge in [0.25, 0.3) is 0 Å². The molecule has 0 aliphatic carbocycles. The average Bonchev–Trinajstić information content (AvgIpc) is 3.30. The van der Waals surface area contributed by atoms with E-state index in [1.165, 1.54) is 13.8 Å². The van der Waals surface area contributed by atoms with Crippen molar-refractivity contribution in [3.63, 3.8) is 0 Å². The zero-order chi connectivity index (χ0) is 29.0. The van der Waals surface area contributed by atoms with Gasteiger partial charge in [-0.2, -0.15) is 18.3 Å². The quantitative estimate of drug-likeness (QED) is 0.209. The van der Waals surface area contributed by atoms with Crippen LogP contribution in [0.15, 0.2) is 84.9 Å². The van der Waals surface area contributed by atoms with Crippen LogP contribution in [-0.2, 0) is 28.7 Å². The summed E-state index contributed by atoms with van der Waals surface area (Å²) in [7, 11) is -4.60. The van der Waals surface area contributed by atoms with Crippen molar-refractivity contribution in [2.45, 2.75) is 45.6 Å². The number of benzene rings is 3. The van der Waals surface area contributed by atoms with Gasteiger partial charge in [0.2, 0.25) is 15.9 Å². The van der Waals surface area contributed by atoms with Gasteiger partial charge in [0.05, 0.1) is 11.2 Å². The molecule has 0 saturated carbocycles. The number of hydrogen-bond donors (Lipinski definition) is 2. The molecule has 0 aliphatic rings. The van der Waals surface area contributed by atoms with E-state index in [-0.39, 0.29) is 0 Å². The van der Waals surface area contributed by atoms with Crippen LogP contribution in [0.3, 0.4) is 0 Å². The SMILES string of the molecule is CCn1nc(-c2cccc(C(C)(C)NS(=O)(=O)CC(F)(F)F)c2)cc1Oc1ccc(CNc2ccccc2)cc1. The molecular weight excluding hydrogens is 541 g/mol. The van der Waals surface area contributed by atoms with E-state index in [4.69, 9.17) is 4.74 Å². The third-order valence-electron chi connectivity index (χ3n) is 6.10. The summed E-state index contributed by atoms with van der Waals surface area (Å²) < 4.78 is 72.3. The number of rotatable bonds is 11. The lowest BCUT2D eigenvalue weighted by Gasteiger charge is -2.27. The highest BCUT2D eigenvalue weighted by Crippen LogP contribution is 2.31. The Labute approximate surface area is 232 Å². The van der Waals surface area contributed by atoms with Crippen molar-refractivity contribution in [2.24, 2.45) is 0 Å². The van der Waals surface area contributed by atoms with Crippen LogP contribution in [-0.4, -0.2) is 30.1 Å². The minimum Gasteiger partial charge on any atom is -0.439 e. The molecular formula is C29H31F3N4O3S. The van der Waals surface area contributed by atoms with Crippen LogP contribution in [0.5, 0.6) is 11.6 Å². The maximum Gasteiger partial charge on any atom is 0.404 e. The summed E-state index contributed by atoms with van der Waals surface area (Å²) in [4.78, 5) is 0. The van der Waals surface area contributed by atoms with Crippen molar-refractivity contribution in [1.29, 1.82) is 0 Å². The Balaban J connectivity index is 1.49. The third kappa shape index (κ3) is 7.86. The van der Waals surface area contributed by atoms with Crippen molar-refractivity contribution in [3.05, 3.63) is 96.1 Å². The van der Waals surface area contributed by atoms with Gasteiger partial charge in [-0.1, -0.05) is 48.5 Å². The fraction of sp³-hybridized carbons (Fsp3) is 0.276. The molecule has 4 rings (SSSR count). The van der Waals surface area contributed by atoms with E-state index in [0.717, 1.165) is 11.3 Å². The first-order valence-corrected chi connectivity index (χ1v) is 14.3. The number of aromatic nitrogens is 2. The van der Waals surface area contributed by atoms with E-state index in [9.17, 15) is 21.6 Å². The Morgan fingerprint density at radius 1 is 0.925 bits per heavy atom. The first-order valence-electron chi connectivity index (χ1n) is 12.7. The second-order valence-corrected chi connectivity index (χ2v) is 11.6. The Morgan fingerprint density at radius 3 is 2.27 bits per heavy atom. The van der Waals surface area contributed by atoms with E-state index >= 15 is 0 Å². The summed E-state index contributed by atoms with van der Waals surface area (Å²) in [5, 5.41) is 7.98. The summed E-state index contributed by atoms with van der Waals surface area (Å²) in [6, 6.07) is 26.3. The van der Waals surface area contributed by atoms with Crippen molar-refractivity contribution in [1.82, 2.24) is 14.5 Å². The second-order valence-electron chi connectivity index (χ2n) is 9.83. The van der Waals surface area contributed by atoms with Crippen LogP contribution in [0.2, 0.25) is 0 Å². The largest absolute Gasteiger partial charge is 0.439 e.